The topological polar surface area (TPSA) is 104 Å². The van der Waals surface area contributed by atoms with Gasteiger partial charge in [-0.15, -0.1) is 0 Å². The fraction of sp³-hybridized carbons (Fsp3) is 0.868. The lowest BCUT2D eigenvalue weighted by Crippen LogP contribution is -2.47. The van der Waals surface area contributed by atoms with Crippen molar-refractivity contribution in [2.75, 3.05) is 5.75 Å². The van der Waals surface area contributed by atoms with Crippen LogP contribution in [0.1, 0.15) is 194 Å². The maximum absolute atomic E-state index is 12.5. The Labute approximate surface area is 279 Å². The van der Waals surface area contributed by atoms with Crippen LogP contribution in [0, 0.1) is 0 Å². The molecule has 0 aliphatic carbocycles. The number of carbonyl (C=O) groups is 1. The molecule has 0 fully saturated rings. The van der Waals surface area contributed by atoms with Crippen LogP contribution in [0.2, 0.25) is 0 Å². The van der Waals surface area contributed by atoms with E-state index >= 15 is 0 Å². The van der Waals surface area contributed by atoms with Crippen LogP contribution in [-0.4, -0.2) is 41.9 Å². The van der Waals surface area contributed by atoms with Crippen LogP contribution in [-0.2, 0) is 14.9 Å². The van der Waals surface area contributed by atoms with Crippen LogP contribution in [0.15, 0.2) is 24.3 Å². The van der Waals surface area contributed by atoms with Crippen molar-refractivity contribution in [3.63, 3.8) is 0 Å². The first-order valence-electron chi connectivity index (χ1n) is 19.0. The molecule has 2 unspecified atom stereocenters. The van der Waals surface area contributed by atoms with Gasteiger partial charge in [-0.2, -0.15) is 8.42 Å². The number of amides is 1. The van der Waals surface area contributed by atoms with Crippen molar-refractivity contribution >= 4 is 16.0 Å². The molecule has 0 radical (unpaired) electrons. The Kier molecular flexibility index (Phi) is 31.9. The summed E-state index contributed by atoms with van der Waals surface area (Å²) < 4.78 is 32.4. The molecule has 0 aliphatic rings. The van der Waals surface area contributed by atoms with Crippen molar-refractivity contribution in [3.05, 3.63) is 24.3 Å². The molecule has 0 rings (SSSR count). The van der Waals surface area contributed by atoms with Gasteiger partial charge in [0.2, 0.25) is 5.91 Å². The SMILES string of the molecule is CCCCCC/C=C\C/C=C\CCCCCCCCCC(=O)NC(CS(=O)(=O)O)C(O)CCCCCCCCCCCCCC. The Hall–Kier alpha value is -1.18. The zero-order valence-electron chi connectivity index (χ0n) is 29.5. The molecule has 1 amide bonds. The summed E-state index contributed by atoms with van der Waals surface area (Å²) in [6.07, 6.45) is 39.8. The van der Waals surface area contributed by atoms with Gasteiger partial charge in [0.25, 0.3) is 10.1 Å². The Morgan fingerprint density at radius 3 is 1.47 bits per heavy atom. The van der Waals surface area contributed by atoms with Crippen molar-refractivity contribution < 1.29 is 22.9 Å². The zero-order chi connectivity index (χ0) is 33.3. The van der Waals surface area contributed by atoms with Crippen molar-refractivity contribution in [2.24, 2.45) is 0 Å². The van der Waals surface area contributed by atoms with E-state index in [0.29, 0.717) is 12.8 Å². The van der Waals surface area contributed by atoms with Gasteiger partial charge in [-0.25, -0.2) is 0 Å². The number of nitrogens with one attached hydrogen (secondary N) is 1. The van der Waals surface area contributed by atoms with E-state index in [1.165, 1.54) is 109 Å². The zero-order valence-corrected chi connectivity index (χ0v) is 30.3. The Balaban J connectivity index is 3.90. The van der Waals surface area contributed by atoms with E-state index in [1.54, 1.807) is 0 Å². The van der Waals surface area contributed by atoms with E-state index in [4.69, 9.17) is 0 Å². The van der Waals surface area contributed by atoms with Crippen LogP contribution < -0.4 is 5.32 Å². The summed E-state index contributed by atoms with van der Waals surface area (Å²) in [5.74, 6) is -0.904. The van der Waals surface area contributed by atoms with E-state index in [2.05, 4.69) is 43.5 Å². The molecule has 0 aliphatic heterocycles. The summed E-state index contributed by atoms with van der Waals surface area (Å²) in [5, 5.41) is 13.3. The number of aliphatic hydroxyl groups is 1. The van der Waals surface area contributed by atoms with Gasteiger partial charge in [0.1, 0.15) is 0 Å². The molecule has 3 N–H and O–H groups in total. The highest BCUT2D eigenvalue weighted by Gasteiger charge is 2.26. The predicted molar refractivity (Wildman–Crippen MR) is 193 cm³/mol. The number of hydrogen-bond acceptors (Lipinski definition) is 4. The Bertz CT molecular complexity index is 811. The van der Waals surface area contributed by atoms with Gasteiger partial charge >= 0.3 is 0 Å². The van der Waals surface area contributed by atoms with Gasteiger partial charge in [-0.05, 0) is 44.9 Å². The first-order valence-corrected chi connectivity index (χ1v) is 20.6. The highest BCUT2D eigenvalue weighted by atomic mass is 32.2. The molecule has 0 saturated heterocycles. The van der Waals surface area contributed by atoms with Crippen LogP contribution >= 0.6 is 0 Å². The van der Waals surface area contributed by atoms with Crippen molar-refractivity contribution in [3.8, 4) is 0 Å². The fourth-order valence-corrected chi connectivity index (χ4v) is 6.54. The van der Waals surface area contributed by atoms with E-state index in [0.717, 1.165) is 57.8 Å². The monoisotopic (exact) mass is 656 g/mol. The van der Waals surface area contributed by atoms with Gasteiger partial charge in [-0.3, -0.25) is 9.35 Å². The molecule has 0 saturated carbocycles. The van der Waals surface area contributed by atoms with E-state index in [9.17, 15) is 22.9 Å². The quantitative estimate of drug-likeness (QED) is 0.0363. The minimum Gasteiger partial charge on any atom is -0.391 e. The number of allylic oxidation sites excluding steroid dienone is 4. The van der Waals surface area contributed by atoms with E-state index < -0.39 is 28.0 Å². The van der Waals surface area contributed by atoms with Gasteiger partial charge in [0.15, 0.2) is 0 Å². The van der Waals surface area contributed by atoms with Crippen LogP contribution in [0.3, 0.4) is 0 Å². The third-order valence-electron chi connectivity index (χ3n) is 8.66. The number of carbonyl (C=O) groups excluding carboxylic acids is 1. The summed E-state index contributed by atoms with van der Waals surface area (Å²) in [6, 6.07) is -0.971. The number of aliphatic hydroxyl groups excluding tert-OH is 1. The minimum absolute atomic E-state index is 0.254. The number of rotatable bonds is 34. The molecular formula is C38H73NO5S. The van der Waals surface area contributed by atoms with Gasteiger partial charge in [-0.1, -0.05) is 167 Å². The summed E-state index contributed by atoms with van der Waals surface area (Å²) in [6.45, 7) is 4.49. The second kappa shape index (κ2) is 32.7. The van der Waals surface area contributed by atoms with Gasteiger partial charge < -0.3 is 10.4 Å². The largest absolute Gasteiger partial charge is 0.391 e. The summed E-state index contributed by atoms with van der Waals surface area (Å²) in [4.78, 5) is 12.5. The molecule has 0 aromatic heterocycles. The molecule has 0 bridgehead atoms. The van der Waals surface area contributed by atoms with Crippen LogP contribution in [0.25, 0.3) is 0 Å². The Morgan fingerprint density at radius 2 is 1.00 bits per heavy atom. The summed E-state index contributed by atoms with van der Waals surface area (Å²) in [7, 11) is -4.31. The van der Waals surface area contributed by atoms with E-state index in [1.807, 2.05) is 0 Å². The third kappa shape index (κ3) is 34.0. The molecule has 266 valence electrons. The lowest BCUT2D eigenvalue weighted by atomic mass is 10.0. The van der Waals surface area contributed by atoms with Crippen molar-refractivity contribution in [2.45, 2.75) is 206 Å². The molecule has 0 spiro atoms. The summed E-state index contributed by atoms with van der Waals surface area (Å²) >= 11 is 0. The second-order valence-corrected chi connectivity index (χ2v) is 14.7. The van der Waals surface area contributed by atoms with Gasteiger partial charge in [0, 0.05) is 6.42 Å². The Morgan fingerprint density at radius 1 is 0.600 bits per heavy atom. The van der Waals surface area contributed by atoms with Crippen LogP contribution in [0.5, 0.6) is 0 Å². The molecule has 6 nitrogen and oxygen atoms in total. The number of hydrogen-bond donors (Lipinski definition) is 3. The molecule has 0 aromatic rings. The molecule has 2 atom stereocenters. The molecule has 45 heavy (non-hydrogen) atoms. The fourth-order valence-electron chi connectivity index (χ4n) is 5.78. The highest BCUT2D eigenvalue weighted by molar-refractivity contribution is 7.85. The maximum Gasteiger partial charge on any atom is 0.266 e. The average Bonchev–Trinajstić information content (AvgIpc) is 3.00. The first-order chi connectivity index (χ1) is 21.8. The molecular weight excluding hydrogens is 582 g/mol. The maximum atomic E-state index is 12.5. The first kappa shape index (κ1) is 43.8. The molecule has 0 heterocycles. The lowest BCUT2D eigenvalue weighted by Gasteiger charge is -2.23. The number of unbranched alkanes of at least 4 members (excludes halogenated alkanes) is 22. The second-order valence-electron chi connectivity index (χ2n) is 13.2. The highest BCUT2D eigenvalue weighted by Crippen LogP contribution is 2.15. The van der Waals surface area contributed by atoms with E-state index in [-0.39, 0.29) is 5.91 Å². The van der Waals surface area contributed by atoms with Crippen molar-refractivity contribution in [1.82, 2.24) is 5.32 Å². The standard InChI is InChI=1S/C38H73NO5S/c1-3-5-7-9-11-13-15-17-18-19-20-21-22-24-26-28-30-32-34-38(41)39-36(35-45(42,43)44)37(40)33-31-29-27-25-23-16-14-12-10-8-6-4-2/h13,15,18-19,36-37,40H,3-12,14,16-17,20-35H2,1-2H3,(H,39,41)(H,42,43,44)/b15-13-,19-18-. The lowest BCUT2D eigenvalue weighted by molar-refractivity contribution is -0.122. The van der Waals surface area contributed by atoms with Crippen LogP contribution in [0.4, 0.5) is 0 Å². The predicted octanol–water partition coefficient (Wildman–Crippen LogP) is 10.8. The molecule has 7 heteroatoms. The average molecular weight is 656 g/mol. The third-order valence-corrected chi connectivity index (χ3v) is 9.44. The molecule has 0 aromatic carbocycles. The smallest absolute Gasteiger partial charge is 0.266 e. The van der Waals surface area contributed by atoms with Gasteiger partial charge in [0.05, 0.1) is 17.9 Å². The van der Waals surface area contributed by atoms with Crippen molar-refractivity contribution in [1.29, 1.82) is 0 Å². The minimum atomic E-state index is -4.31. The normalized spacial score (nSPS) is 13.6. The summed E-state index contributed by atoms with van der Waals surface area (Å²) in [5.41, 5.74) is 0.